The van der Waals surface area contributed by atoms with Crippen molar-refractivity contribution in [2.24, 2.45) is 5.92 Å². The van der Waals surface area contributed by atoms with Gasteiger partial charge in [0.15, 0.2) is 5.13 Å². The van der Waals surface area contributed by atoms with Crippen LogP contribution in [0.4, 0.5) is 5.13 Å². The lowest BCUT2D eigenvalue weighted by molar-refractivity contribution is -0.126. The molecule has 0 spiro atoms. The molecule has 2 aromatic rings. The number of aromatic nitrogens is 1. The smallest absolute Gasteiger partial charge is 0.249 e. The van der Waals surface area contributed by atoms with Crippen LogP contribution in [0.15, 0.2) is 18.2 Å². The molecular formula is C17H21N3O3S. The second kappa shape index (κ2) is 7.17. The quantitative estimate of drug-likeness (QED) is 0.871. The fourth-order valence-electron chi connectivity index (χ4n) is 3.23. The molecule has 6 nitrogen and oxygen atoms in total. The maximum Gasteiger partial charge on any atom is 0.249 e. The summed E-state index contributed by atoms with van der Waals surface area (Å²) < 4.78 is 6.25. The van der Waals surface area contributed by atoms with Crippen LogP contribution in [0.5, 0.6) is 5.75 Å². The Labute approximate surface area is 144 Å². The van der Waals surface area contributed by atoms with Gasteiger partial charge >= 0.3 is 0 Å². The Kier molecular flexibility index (Phi) is 4.99. The second-order valence-electron chi connectivity index (χ2n) is 6.04. The molecule has 0 aliphatic heterocycles. The lowest BCUT2D eigenvalue weighted by Crippen LogP contribution is -2.47. The molecule has 2 amide bonds. The number of hydrogen-bond donors (Lipinski definition) is 2. The van der Waals surface area contributed by atoms with Crippen molar-refractivity contribution in [2.45, 2.75) is 38.6 Å². The van der Waals surface area contributed by atoms with Crippen LogP contribution in [0.1, 0.15) is 32.6 Å². The molecule has 7 heteroatoms. The number of methoxy groups -OCH3 is 1. The van der Waals surface area contributed by atoms with Crippen molar-refractivity contribution in [3.63, 3.8) is 0 Å². The minimum absolute atomic E-state index is 0.187. The first-order valence-electron chi connectivity index (χ1n) is 8.10. The van der Waals surface area contributed by atoms with Gasteiger partial charge in [-0.15, -0.1) is 0 Å². The van der Waals surface area contributed by atoms with E-state index in [0.717, 1.165) is 35.9 Å². The van der Waals surface area contributed by atoms with Crippen LogP contribution in [0.25, 0.3) is 10.2 Å². The highest BCUT2D eigenvalue weighted by molar-refractivity contribution is 7.22. The van der Waals surface area contributed by atoms with E-state index in [-0.39, 0.29) is 17.7 Å². The minimum Gasteiger partial charge on any atom is -0.494 e. The average Bonchev–Trinajstić information content (AvgIpc) is 3.20. The Morgan fingerprint density at radius 1 is 1.33 bits per heavy atom. The van der Waals surface area contributed by atoms with Gasteiger partial charge in [0.1, 0.15) is 17.3 Å². The number of nitrogens with one attached hydrogen (secondary N) is 2. The van der Waals surface area contributed by atoms with E-state index in [4.69, 9.17) is 4.74 Å². The third-order valence-electron chi connectivity index (χ3n) is 4.34. The van der Waals surface area contributed by atoms with Gasteiger partial charge in [0.2, 0.25) is 11.8 Å². The summed E-state index contributed by atoms with van der Waals surface area (Å²) in [5.41, 5.74) is 0.734. The molecule has 1 aromatic carbocycles. The van der Waals surface area contributed by atoms with Gasteiger partial charge in [0.05, 0.1) is 11.8 Å². The molecule has 1 heterocycles. The van der Waals surface area contributed by atoms with Crippen LogP contribution in [-0.4, -0.2) is 29.9 Å². The maximum atomic E-state index is 12.7. The average molecular weight is 347 g/mol. The topological polar surface area (TPSA) is 80.3 Å². The summed E-state index contributed by atoms with van der Waals surface area (Å²) in [6.07, 6.45) is 4.14. The van der Waals surface area contributed by atoms with Crippen LogP contribution < -0.4 is 15.4 Å². The Morgan fingerprint density at radius 2 is 2.08 bits per heavy atom. The first kappa shape index (κ1) is 16.7. The maximum absolute atomic E-state index is 12.7. The zero-order valence-corrected chi connectivity index (χ0v) is 14.6. The van der Waals surface area contributed by atoms with E-state index >= 15 is 0 Å². The summed E-state index contributed by atoms with van der Waals surface area (Å²) in [5, 5.41) is 6.18. The highest BCUT2D eigenvalue weighted by atomic mass is 32.1. The Morgan fingerprint density at radius 3 is 2.75 bits per heavy atom. The number of nitrogens with zero attached hydrogens (tertiary/aromatic N) is 1. The summed E-state index contributed by atoms with van der Waals surface area (Å²) in [7, 11) is 1.60. The van der Waals surface area contributed by atoms with Crippen LogP contribution in [0.2, 0.25) is 0 Å². The third-order valence-corrected chi connectivity index (χ3v) is 5.28. The summed E-state index contributed by atoms with van der Waals surface area (Å²) in [6.45, 7) is 1.44. The third kappa shape index (κ3) is 3.51. The zero-order chi connectivity index (χ0) is 17.1. The van der Waals surface area contributed by atoms with Gasteiger partial charge in [-0.1, -0.05) is 30.2 Å². The number of carbonyl (C=O) groups is 2. The summed E-state index contributed by atoms with van der Waals surface area (Å²) in [5.74, 6) is 0.486. The Bertz CT molecular complexity index is 753. The summed E-state index contributed by atoms with van der Waals surface area (Å²) >= 11 is 1.40. The SMILES string of the molecule is COc1cccc2sc(NC(=O)C(NC(C)=O)C3CCCC3)nc12. The van der Waals surface area contributed by atoms with Crippen molar-refractivity contribution >= 4 is 38.5 Å². The van der Waals surface area contributed by atoms with Gasteiger partial charge in [-0.3, -0.25) is 9.59 Å². The minimum atomic E-state index is -0.501. The number of carbonyl (C=O) groups excluding carboxylic acids is 2. The molecule has 1 aromatic heterocycles. The second-order valence-corrected chi connectivity index (χ2v) is 7.07. The molecule has 0 radical (unpaired) electrons. The molecular weight excluding hydrogens is 326 g/mol. The summed E-state index contributed by atoms with van der Waals surface area (Å²) in [4.78, 5) is 28.6. The fourth-order valence-corrected chi connectivity index (χ4v) is 4.12. The first-order valence-corrected chi connectivity index (χ1v) is 8.91. The number of para-hydroxylation sites is 1. The van der Waals surface area contributed by atoms with E-state index in [9.17, 15) is 9.59 Å². The number of rotatable bonds is 5. The van der Waals surface area contributed by atoms with Gasteiger partial charge in [0.25, 0.3) is 0 Å². The number of amides is 2. The predicted molar refractivity (Wildman–Crippen MR) is 94.4 cm³/mol. The van der Waals surface area contributed by atoms with Crippen molar-refractivity contribution in [1.82, 2.24) is 10.3 Å². The van der Waals surface area contributed by atoms with Gasteiger partial charge in [-0.05, 0) is 30.9 Å². The zero-order valence-electron chi connectivity index (χ0n) is 13.8. The van der Waals surface area contributed by atoms with Crippen LogP contribution >= 0.6 is 11.3 Å². The lowest BCUT2D eigenvalue weighted by atomic mass is 9.97. The van der Waals surface area contributed by atoms with Gasteiger partial charge in [-0.25, -0.2) is 4.98 Å². The molecule has 1 aliphatic carbocycles. The Balaban J connectivity index is 1.80. The predicted octanol–water partition coefficient (Wildman–Crippen LogP) is 2.94. The lowest BCUT2D eigenvalue weighted by Gasteiger charge is -2.22. The van der Waals surface area contributed by atoms with Crippen LogP contribution in [0, 0.1) is 5.92 Å². The van der Waals surface area contributed by atoms with E-state index in [1.165, 1.54) is 18.3 Å². The van der Waals surface area contributed by atoms with Gasteiger partial charge in [0, 0.05) is 6.92 Å². The van der Waals surface area contributed by atoms with Crippen molar-refractivity contribution < 1.29 is 14.3 Å². The number of benzene rings is 1. The number of ether oxygens (including phenoxy) is 1. The molecule has 1 saturated carbocycles. The van der Waals surface area contributed by atoms with E-state index < -0.39 is 6.04 Å². The summed E-state index contributed by atoms with van der Waals surface area (Å²) in [6, 6.07) is 5.17. The number of hydrogen-bond acceptors (Lipinski definition) is 5. The van der Waals surface area contributed by atoms with Crippen LogP contribution in [0.3, 0.4) is 0 Å². The highest BCUT2D eigenvalue weighted by Crippen LogP contribution is 2.33. The molecule has 1 atom stereocenters. The van der Waals surface area contributed by atoms with Crippen LogP contribution in [-0.2, 0) is 9.59 Å². The molecule has 1 aliphatic rings. The van der Waals surface area contributed by atoms with Crippen molar-refractivity contribution in [2.75, 3.05) is 12.4 Å². The van der Waals surface area contributed by atoms with E-state index in [1.54, 1.807) is 7.11 Å². The fraction of sp³-hybridized carbons (Fsp3) is 0.471. The molecule has 1 unspecified atom stereocenters. The van der Waals surface area contributed by atoms with E-state index in [1.807, 2.05) is 18.2 Å². The number of anilines is 1. The Hall–Kier alpha value is -2.15. The highest BCUT2D eigenvalue weighted by Gasteiger charge is 2.31. The monoisotopic (exact) mass is 347 g/mol. The van der Waals surface area contributed by atoms with Crippen molar-refractivity contribution in [3.05, 3.63) is 18.2 Å². The van der Waals surface area contributed by atoms with E-state index in [0.29, 0.717) is 10.9 Å². The number of fused-ring (bicyclic) bond motifs is 1. The normalized spacial score (nSPS) is 16.1. The molecule has 1 fully saturated rings. The molecule has 2 N–H and O–H groups in total. The van der Waals surface area contributed by atoms with Gasteiger partial charge in [-0.2, -0.15) is 0 Å². The standard InChI is InChI=1S/C17H21N3O3S/c1-10(21)18-14(11-6-3-4-7-11)16(22)20-17-19-15-12(23-2)8-5-9-13(15)24-17/h5,8-9,11,14H,3-4,6-7H2,1-2H3,(H,18,21)(H,19,20,22). The molecule has 0 bridgehead atoms. The largest absolute Gasteiger partial charge is 0.494 e. The molecule has 3 rings (SSSR count). The van der Waals surface area contributed by atoms with E-state index in [2.05, 4.69) is 15.6 Å². The first-order chi connectivity index (χ1) is 11.6. The molecule has 24 heavy (non-hydrogen) atoms. The van der Waals surface area contributed by atoms with Gasteiger partial charge < -0.3 is 15.4 Å². The molecule has 0 saturated heterocycles. The van der Waals surface area contributed by atoms with Crippen molar-refractivity contribution in [1.29, 1.82) is 0 Å². The van der Waals surface area contributed by atoms with Crippen molar-refractivity contribution in [3.8, 4) is 5.75 Å². The molecule has 128 valence electrons. The number of thiazole rings is 1.